The summed E-state index contributed by atoms with van der Waals surface area (Å²) in [5, 5.41) is 33.8. The zero-order valence-electron chi connectivity index (χ0n) is 69.9. The maximum atomic E-state index is 13.4. The number of nitrogens with one attached hydrogen (secondary N) is 5. The summed E-state index contributed by atoms with van der Waals surface area (Å²) in [4.78, 5) is 115. The monoisotopic (exact) mass is 1670 g/mol. The number of hydrogen-bond donors (Lipinski definition) is 7. The van der Waals surface area contributed by atoms with Crippen molar-refractivity contribution in [1.29, 1.82) is 0 Å². The molecule has 14 aliphatic rings. The van der Waals surface area contributed by atoms with E-state index in [1.54, 1.807) is 0 Å². The van der Waals surface area contributed by atoms with Crippen LogP contribution >= 0.6 is 24.0 Å². The summed E-state index contributed by atoms with van der Waals surface area (Å²) in [6.07, 6.45) is 34.5. The molecule has 2 aromatic heterocycles. The number of aliphatic carboxylic acids is 1. The van der Waals surface area contributed by atoms with Crippen molar-refractivity contribution in [1.82, 2.24) is 51.8 Å². The highest BCUT2D eigenvalue weighted by Crippen LogP contribution is 2.53. The van der Waals surface area contributed by atoms with Crippen LogP contribution in [0, 0.1) is 47.3 Å². The molecule has 0 spiro atoms. The summed E-state index contributed by atoms with van der Waals surface area (Å²) < 4.78 is 26.8. The number of carbonyl (C=O) groups excluding carboxylic acids is 8. The van der Waals surface area contributed by atoms with Gasteiger partial charge >= 0.3 is 24.0 Å². The first-order valence-corrected chi connectivity index (χ1v) is 44.8. The van der Waals surface area contributed by atoms with E-state index in [-0.39, 0.29) is 148 Å². The number of hydrogen-bond acceptors (Lipinski definition) is 20. The van der Waals surface area contributed by atoms with E-state index in [4.69, 9.17) is 50.9 Å². The van der Waals surface area contributed by atoms with E-state index in [1.807, 2.05) is 31.7 Å². The Morgan fingerprint density at radius 2 is 0.839 bits per heavy atom. The Morgan fingerprint density at radius 1 is 0.483 bits per heavy atom. The topological polar surface area (TPSA) is 369 Å². The van der Waals surface area contributed by atoms with Gasteiger partial charge in [0.15, 0.2) is 11.6 Å². The van der Waals surface area contributed by atoms with Crippen LogP contribution in [0.25, 0.3) is 0 Å². The second-order valence-electron chi connectivity index (χ2n) is 37.5. The van der Waals surface area contributed by atoms with E-state index < -0.39 is 11.6 Å². The third-order valence-electron chi connectivity index (χ3n) is 26.6. The lowest BCUT2D eigenvalue weighted by atomic mass is 9.86. The van der Waals surface area contributed by atoms with Crippen molar-refractivity contribution >= 4 is 76.9 Å². The van der Waals surface area contributed by atoms with E-state index in [0.717, 1.165) is 236 Å². The Labute approximate surface area is 706 Å². The van der Waals surface area contributed by atoms with E-state index in [1.165, 1.54) is 31.8 Å². The summed E-state index contributed by atoms with van der Waals surface area (Å²) in [5.41, 5.74) is 7.64. The first kappa shape index (κ1) is 89.7. The van der Waals surface area contributed by atoms with Gasteiger partial charge < -0.3 is 65.6 Å². The first-order chi connectivity index (χ1) is 56.3. The number of benzene rings is 2. The second-order valence-corrected chi connectivity index (χ2v) is 37.9. The van der Waals surface area contributed by atoms with Crippen molar-refractivity contribution in [3.63, 3.8) is 0 Å². The number of amides is 5. The zero-order valence-corrected chi connectivity index (χ0v) is 71.4. The van der Waals surface area contributed by atoms with Crippen LogP contribution < -0.4 is 32.3 Å². The second kappa shape index (κ2) is 40.9. The molecule has 18 rings (SSSR count). The largest absolute Gasteiger partial charge is 0.481 e. The molecule has 14 fully saturated rings. The number of halogens is 2. The highest BCUT2D eigenvalue weighted by atomic mass is 35.5. The molecule has 14 saturated carbocycles. The number of carboxylic acids is 1. The number of esters is 2. The molecular weight excluding hydrogens is 1550 g/mol. The Kier molecular flexibility index (Phi) is 31.1. The highest BCUT2D eigenvalue weighted by Gasteiger charge is 2.56. The predicted octanol–water partition coefficient (Wildman–Crippen LogP) is 13.9. The number of carboxylic acid groups (broad SMARTS) is 1. The molecule has 8 N–H and O–H groups in total. The number of ether oxygens (including phenoxy) is 3. The van der Waals surface area contributed by atoms with Crippen LogP contribution in [-0.2, 0) is 63.4 Å². The van der Waals surface area contributed by atoms with Crippen molar-refractivity contribution < 1.29 is 71.5 Å². The van der Waals surface area contributed by atoms with Gasteiger partial charge in [-0.3, -0.25) is 38.4 Å². The van der Waals surface area contributed by atoms with Crippen LogP contribution in [0.3, 0.4) is 0 Å². The fourth-order valence-corrected chi connectivity index (χ4v) is 17.6. The standard InChI is InChI=1S/C30H40N4O4.C25H32N4O2.C12H19NO3.C11H17NO3.C8H15NO2.C4H5ClO.ClH/c1-29(2,3)37-28(36)34(24-17-23(24)19-7-5-4-6-8-19)18-30(15-16-30)27-32-26(38-33-27)21-11-13-22(14-12-21)31-25(35)20-9-10-20;30-22(17-6-7-17)27-19-10-8-18(9-11-19)23-28-24(29-31-23)25(12-13-25)15-26-21-14-20(21)16-4-2-1-3-5-16;1-16-12(15)9-4-6-10(7-5-9)13-11(14)8-2-3-8;13-10(7-1-2-7)12-9-5-3-8(4-6-9)11(14)15;1-11-8(10)6-2-4-7(9)5-3-6;5-4(6)3-1-2-3;/h4-8,20-24H,9-18H2,1-3H3,(H,31,35);1-5,17-21,26H,6-15H2,(H,27,30);8-10H,2-7H2,1H3,(H,13,14);7-9H,1-6H2,(H,12,13)(H,14,15);6-7H,2-5,9H2,1H3;3H,1-2H2;1H/t21?,22?,23-,24+;18?,19?,20-,21+;;;;;/m00...../s1. The van der Waals surface area contributed by atoms with Crippen LogP contribution in [0.2, 0.25) is 0 Å². The lowest BCUT2D eigenvalue weighted by molar-refractivity contribution is -0.147. The first-order valence-electron chi connectivity index (χ1n) is 44.4. The van der Waals surface area contributed by atoms with Crippen LogP contribution in [0.15, 0.2) is 69.7 Å². The SMILES string of the molecule is CC(C)(C)OC(=O)N(CC1(c2noc(C3CCC(NC(=O)C4CC4)CC3)n2)CC1)[C@@H]1C[C@H]1c1ccccc1.COC(=O)C1CCC(N)CC1.COC(=O)C1CCC(NC(=O)C2CC2)CC1.Cl.O=C(Cl)C1CC1.O=C(NC1CCC(c2nc(C3(CN[C@@H]4C[C@H]4c4ccccc4)CC3)no2)CC1)C1CC1.O=C(O)C1CCC(NC(=O)C2CC2)CC1. The van der Waals surface area contributed by atoms with Gasteiger partial charge in [0.2, 0.25) is 40.7 Å². The Morgan fingerprint density at radius 3 is 1.19 bits per heavy atom. The lowest BCUT2D eigenvalue weighted by Crippen LogP contribution is -2.43. The molecule has 14 aliphatic carbocycles. The molecule has 118 heavy (non-hydrogen) atoms. The summed E-state index contributed by atoms with van der Waals surface area (Å²) in [5.74, 6) is 5.93. The van der Waals surface area contributed by atoms with Gasteiger partial charge in [-0.2, -0.15) is 9.97 Å². The van der Waals surface area contributed by atoms with Crippen molar-refractivity contribution in [2.45, 2.75) is 334 Å². The van der Waals surface area contributed by atoms with Crippen LogP contribution in [0.1, 0.15) is 310 Å². The molecule has 0 saturated heterocycles. The molecule has 26 nitrogen and oxygen atoms in total. The van der Waals surface area contributed by atoms with Crippen molar-refractivity contribution in [3.8, 4) is 0 Å². The number of methoxy groups -OCH3 is 2. The molecule has 0 aliphatic heterocycles. The number of rotatable bonds is 24. The normalized spacial score (nSPS) is 29.1. The van der Waals surface area contributed by atoms with Gasteiger partial charge in [0.05, 0.1) is 37.4 Å². The Bertz CT molecular complexity index is 3980. The van der Waals surface area contributed by atoms with Gasteiger partial charge in [-0.25, -0.2) is 4.79 Å². The fraction of sp³-hybridized carbons (Fsp3) is 0.722. The Balaban J connectivity index is 0.000000142. The molecular formula is C90H129Cl2N11O15. The van der Waals surface area contributed by atoms with Gasteiger partial charge in [0.25, 0.3) is 0 Å². The van der Waals surface area contributed by atoms with Gasteiger partial charge in [-0.05, 0) is 275 Å². The van der Waals surface area contributed by atoms with Crippen LogP contribution in [0.4, 0.5) is 4.79 Å². The van der Waals surface area contributed by atoms with E-state index >= 15 is 0 Å². The molecule has 2 heterocycles. The number of nitrogens with two attached hydrogens (primary N) is 1. The average molecular weight is 1680 g/mol. The molecule has 0 unspecified atom stereocenters. The summed E-state index contributed by atoms with van der Waals surface area (Å²) in [6.45, 7) is 7.23. The third-order valence-corrected chi connectivity index (χ3v) is 26.9. The van der Waals surface area contributed by atoms with E-state index in [9.17, 15) is 43.2 Å². The minimum absolute atomic E-state index is 0. The Hall–Kier alpha value is -7.55. The lowest BCUT2D eigenvalue weighted by Gasteiger charge is -2.30. The molecule has 0 radical (unpaired) electrons. The van der Waals surface area contributed by atoms with Crippen molar-refractivity contribution in [2.75, 3.05) is 27.3 Å². The van der Waals surface area contributed by atoms with Crippen LogP contribution in [-0.4, -0.2) is 158 Å². The molecule has 28 heteroatoms. The van der Waals surface area contributed by atoms with Crippen LogP contribution in [0.5, 0.6) is 0 Å². The number of aromatic nitrogens is 4. The number of nitrogens with zero attached hydrogens (tertiary/aromatic N) is 5. The smallest absolute Gasteiger partial charge is 0.410 e. The average Bonchev–Trinajstić information content (AvgIpc) is 1.59. The molecule has 5 amide bonds. The molecule has 648 valence electrons. The zero-order chi connectivity index (χ0) is 82.5. The van der Waals surface area contributed by atoms with E-state index in [0.29, 0.717) is 61.2 Å². The summed E-state index contributed by atoms with van der Waals surface area (Å²) >= 11 is 5.04. The highest BCUT2D eigenvalue weighted by molar-refractivity contribution is 6.64. The maximum absolute atomic E-state index is 13.4. The fourth-order valence-electron chi connectivity index (χ4n) is 17.4. The minimum Gasteiger partial charge on any atom is -0.481 e. The van der Waals surface area contributed by atoms with E-state index in [2.05, 4.69) is 96.2 Å². The third kappa shape index (κ3) is 26.5. The van der Waals surface area contributed by atoms with Gasteiger partial charge in [-0.15, -0.1) is 12.4 Å². The van der Waals surface area contributed by atoms with Crippen molar-refractivity contribution in [2.24, 2.45) is 53.1 Å². The van der Waals surface area contributed by atoms with Gasteiger partial charge in [-0.1, -0.05) is 71.0 Å². The molecule has 2 aromatic carbocycles. The molecule has 0 bridgehead atoms. The van der Waals surface area contributed by atoms with Crippen molar-refractivity contribution in [3.05, 3.63) is 95.2 Å². The van der Waals surface area contributed by atoms with Gasteiger partial charge in [0.1, 0.15) is 5.60 Å². The summed E-state index contributed by atoms with van der Waals surface area (Å²) in [7, 11) is 2.88. The molecule has 4 atom stereocenters. The maximum Gasteiger partial charge on any atom is 0.410 e. The minimum atomic E-state index is -0.693. The van der Waals surface area contributed by atoms with Gasteiger partial charge in [0, 0.05) is 114 Å². The quantitative estimate of drug-likeness (QED) is 0.0195. The summed E-state index contributed by atoms with van der Waals surface area (Å²) in [6, 6.07) is 23.3. The predicted molar refractivity (Wildman–Crippen MR) is 444 cm³/mol. The molecule has 4 aromatic rings. The number of carbonyl (C=O) groups is 9.